The Morgan fingerprint density at radius 2 is 1.67 bits per heavy atom. The molecule has 0 saturated carbocycles. The summed E-state index contributed by atoms with van der Waals surface area (Å²) in [6.07, 6.45) is 5.62. The lowest BCUT2D eigenvalue weighted by Crippen LogP contribution is -2.14. The minimum absolute atomic E-state index is 0.643. The van der Waals surface area contributed by atoms with Crippen LogP contribution >= 0.6 is 0 Å². The van der Waals surface area contributed by atoms with Crippen LogP contribution in [0.4, 0.5) is 0 Å². The van der Waals surface area contributed by atoms with E-state index in [2.05, 4.69) is 59.0 Å². The fourth-order valence-electron chi connectivity index (χ4n) is 1.07. The Morgan fingerprint density at radius 3 is 2.13 bits per heavy atom. The minimum Gasteiger partial charge on any atom is -0.389 e. The van der Waals surface area contributed by atoms with Crippen molar-refractivity contribution >= 4 is 0 Å². The highest BCUT2D eigenvalue weighted by Gasteiger charge is 1.95. The maximum absolute atomic E-state index is 3.42. The van der Waals surface area contributed by atoms with Crippen molar-refractivity contribution in [2.45, 2.75) is 48.0 Å². The molecule has 0 atom stereocenters. The molecule has 0 rings (SSSR count). The van der Waals surface area contributed by atoms with Crippen LogP contribution in [0.1, 0.15) is 48.0 Å². The minimum atomic E-state index is 0.643. The first kappa shape index (κ1) is 14.3. The summed E-state index contributed by atoms with van der Waals surface area (Å²) in [6.45, 7) is 14.3. The molecule has 0 spiro atoms. The van der Waals surface area contributed by atoms with Gasteiger partial charge in [-0.1, -0.05) is 39.3 Å². The third-order valence-corrected chi connectivity index (χ3v) is 2.63. The largest absolute Gasteiger partial charge is 0.389 e. The molecule has 0 aliphatic rings. The van der Waals surface area contributed by atoms with Gasteiger partial charge in [0, 0.05) is 12.2 Å². The second kappa shape index (κ2) is 7.56. The molecule has 0 aromatic heterocycles. The van der Waals surface area contributed by atoms with Crippen molar-refractivity contribution in [3.05, 3.63) is 23.4 Å². The van der Waals surface area contributed by atoms with Gasteiger partial charge in [0.15, 0.2) is 0 Å². The Labute approximate surface area is 95.7 Å². The maximum Gasteiger partial charge on any atom is 0.0146 e. The standard InChI is InChI=1S/C14H27N/c1-11(2)9-10-15-14(6)8-7-13(5)12(3)4/h7-8,11-12,15H,9-10H2,1-6H3/b13-7+,14-8+. The van der Waals surface area contributed by atoms with Crippen molar-refractivity contribution in [1.29, 1.82) is 0 Å². The molecule has 0 fully saturated rings. The van der Waals surface area contributed by atoms with E-state index >= 15 is 0 Å². The molecule has 0 aliphatic carbocycles. The summed E-state index contributed by atoms with van der Waals surface area (Å²) >= 11 is 0. The van der Waals surface area contributed by atoms with Crippen molar-refractivity contribution in [3.63, 3.8) is 0 Å². The van der Waals surface area contributed by atoms with E-state index in [0.29, 0.717) is 5.92 Å². The first-order valence-corrected chi connectivity index (χ1v) is 6.02. The van der Waals surface area contributed by atoms with Crippen molar-refractivity contribution in [1.82, 2.24) is 5.32 Å². The van der Waals surface area contributed by atoms with E-state index < -0.39 is 0 Å². The van der Waals surface area contributed by atoms with Crippen LogP contribution in [0.2, 0.25) is 0 Å². The molecule has 1 N–H and O–H groups in total. The normalized spacial score (nSPS) is 13.9. The van der Waals surface area contributed by atoms with Crippen molar-refractivity contribution in [2.24, 2.45) is 11.8 Å². The zero-order valence-electron chi connectivity index (χ0n) is 11.2. The molecule has 1 nitrogen and oxygen atoms in total. The van der Waals surface area contributed by atoms with Crippen LogP contribution < -0.4 is 5.32 Å². The lowest BCUT2D eigenvalue weighted by Gasteiger charge is -2.08. The van der Waals surface area contributed by atoms with Crippen LogP contribution in [0, 0.1) is 11.8 Å². The van der Waals surface area contributed by atoms with Crippen LogP contribution in [0.5, 0.6) is 0 Å². The van der Waals surface area contributed by atoms with Crippen LogP contribution in [0.25, 0.3) is 0 Å². The molecular weight excluding hydrogens is 182 g/mol. The molecule has 0 amide bonds. The molecule has 0 radical (unpaired) electrons. The number of nitrogens with one attached hydrogen (secondary N) is 1. The number of allylic oxidation sites excluding steroid dienone is 4. The van der Waals surface area contributed by atoms with Crippen molar-refractivity contribution in [2.75, 3.05) is 6.54 Å². The average Bonchev–Trinajstić information content (AvgIpc) is 2.13. The average molecular weight is 209 g/mol. The lowest BCUT2D eigenvalue weighted by atomic mass is 10.1. The van der Waals surface area contributed by atoms with E-state index in [1.54, 1.807) is 0 Å². The fourth-order valence-corrected chi connectivity index (χ4v) is 1.07. The van der Waals surface area contributed by atoms with Crippen LogP contribution in [-0.2, 0) is 0 Å². The highest BCUT2D eigenvalue weighted by Crippen LogP contribution is 2.08. The highest BCUT2D eigenvalue weighted by atomic mass is 14.9. The summed E-state index contributed by atoms with van der Waals surface area (Å²) in [6, 6.07) is 0. The number of hydrogen-bond acceptors (Lipinski definition) is 1. The molecule has 0 bridgehead atoms. The molecule has 0 saturated heterocycles. The molecule has 0 aromatic carbocycles. The fraction of sp³-hybridized carbons (Fsp3) is 0.714. The Bertz CT molecular complexity index is 221. The molecule has 1 heteroatoms. The molecule has 88 valence electrons. The quantitative estimate of drug-likeness (QED) is 0.649. The van der Waals surface area contributed by atoms with E-state index in [0.717, 1.165) is 12.5 Å². The van der Waals surface area contributed by atoms with E-state index in [1.165, 1.54) is 17.7 Å². The topological polar surface area (TPSA) is 12.0 Å². The summed E-state index contributed by atoms with van der Waals surface area (Å²) < 4.78 is 0. The van der Waals surface area contributed by atoms with Crippen LogP contribution in [-0.4, -0.2) is 6.54 Å². The lowest BCUT2D eigenvalue weighted by molar-refractivity contribution is 0.563. The maximum atomic E-state index is 3.42. The Hall–Kier alpha value is -0.720. The Kier molecular flexibility index (Phi) is 7.19. The SMILES string of the molecule is C/C(=C\C=C(/C)C(C)C)NCCC(C)C. The predicted molar refractivity (Wildman–Crippen MR) is 69.8 cm³/mol. The van der Waals surface area contributed by atoms with Gasteiger partial charge in [0.1, 0.15) is 0 Å². The Morgan fingerprint density at radius 1 is 1.07 bits per heavy atom. The molecule has 0 aliphatic heterocycles. The van der Waals surface area contributed by atoms with E-state index in [4.69, 9.17) is 0 Å². The monoisotopic (exact) mass is 209 g/mol. The molecule has 0 unspecified atom stereocenters. The first-order valence-electron chi connectivity index (χ1n) is 6.02. The number of hydrogen-bond donors (Lipinski definition) is 1. The van der Waals surface area contributed by atoms with Gasteiger partial charge >= 0.3 is 0 Å². The molecular formula is C14H27N. The van der Waals surface area contributed by atoms with Crippen LogP contribution in [0.3, 0.4) is 0 Å². The second-order valence-corrected chi connectivity index (χ2v) is 5.02. The summed E-state index contributed by atoms with van der Waals surface area (Å²) in [5.74, 6) is 1.42. The third-order valence-electron chi connectivity index (χ3n) is 2.63. The zero-order valence-corrected chi connectivity index (χ0v) is 11.2. The van der Waals surface area contributed by atoms with Gasteiger partial charge < -0.3 is 5.32 Å². The van der Waals surface area contributed by atoms with Gasteiger partial charge in [-0.15, -0.1) is 0 Å². The first-order chi connectivity index (χ1) is 6.93. The van der Waals surface area contributed by atoms with Gasteiger partial charge in [-0.25, -0.2) is 0 Å². The molecule has 0 aromatic rings. The van der Waals surface area contributed by atoms with Crippen LogP contribution in [0.15, 0.2) is 23.4 Å². The molecule has 15 heavy (non-hydrogen) atoms. The molecule has 0 heterocycles. The summed E-state index contributed by atoms with van der Waals surface area (Å²) in [7, 11) is 0. The highest BCUT2D eigenvalue weighted by molar-refractivity contribution is 5.15. The summed E-state index contributed by atoms with van der Waals surface area (Å²) in [4.78, 5) is 0. The second-order valence-electron chi connectivity index (χ2n) is 5.02. The third kappa shape index (κ3) is 8.29. The summed E-state index contributed by atoms with van der Waals surface area (Å²) in [5.41, 5.74) is 2.69. The van der Waals surface area contributed by atoms with Gasteiger partial charge in [0.2, 0.25) is 0 Å². The van der Waals surface area contributed by atoms with Gasteiger partial charge in [0.25, 0.3) is 0 Å². The zero-order chi connectivity index (χ0) is 11.8. The van der Waals surface area contributed by atoms with Crippen molar-refractivity contribution < 1.29 is 0 Å². The smallest absolute Gasteiger partial charge is 0.0146 e. The summed E-state index contributed by atoms with van der Waals surface area (Å²) in [5, 5.41) is 3.42. The van der Waals surface area contributed by atoms with Gasteiger partial charge in [0.05, 0.1) is 0 Å². The Balaban J connectivity index is 3.94. The van der Waals surface area contributed by atoms with E-state index in [1.807, 2.05) is 0 Å². The van der Waals surface area contributed by atoms with Gasteiger partial charge in [-0.2, -0.15) is 0 Å². The van der Waals surface area contributed by atoms with Crippen molar-refractivity contribution in [3.8, 4) is 0 Å². The van der Waals surface area contributed by atoms with Gasteiger partial charge in [-0.05, 0) is 38.2 Å². The predicted octanol–water partition coefficient (Wildman–Crippen LogP) is 4.13. The van der Waals surface area contributed by atoms with Gasteiger partial charge in [-0.3, -0.25) is 0 Å². The van der Waals surface area contributed by atoms with E-state index in [9.17, 15) is 0 Å². The number of rotatable bonds is 6. The van der Waals surface area contributed by atoms with E-state index in [-0.39, 0.29) is 0 Å².